The number of benzene rings is 1. The molecule has 0 amide bonds. The van der Waals surface area contributed by atoms with Gasteiger partial charge in [0.25, 0.3) is 0 Å². The maximum absolute atomic E-state index is 12.0. The van der Waals surface area contributed by atoms with Crippen LogP contribution in [0.4, 0.5) is 13.2 Å². The quantitative estimate of drug-likeness (QED) is 0.623. The predicted octanol–water partition coefficient (Wildman–Crippen LogP) is 3.25. The second kappa shape index (κ2) is 4.75. The summed E-state index contributed by atoms with van der Waals surface area (Å²) in [7, 11) is 0. The van der Waals surface area contributed by atoms with Gasteiger partial charge < -0.3 is 4.74 Å². The summed E-state index contributed by atoms with van der Waals surface area (Å²) in [5.41, 5.74) is -0.430. The van der Waals surface area contributed by atoms with Gasteiger partial charge in [0.1, 0.15) is 5.75 Å². The first-order valence-corrected chi connectivity index (χ1v) is 4.68. The number of hydrogen-bond acceptors (Lipinski definition) is 3. The molecule has 0 atom stereocenters. The molecule has 1 aromatic rings. The van der Waals surface area contributed by atoms with Crippen molar-refractivity contribution in [2.45, 2.75) is 13.3 Å². The van der Waals surface area contributed by atoms with Crippen LogP contribution in [0.25, 0.3) is 0 Å². The van der Waals surface area contributed by atoms with E-state index < -0.39 is 23.5 Å². The molecule has 17 heavy (non-hydrogen) atoms. The van der Waals surface area contributed by atoms with E-state index in [-0.39, 0.29) is 16.9 Å². The SMILES string of the molecule is CC(=O)c1cc(C=O)c(OC(F)(F)F)cc1Cl. The average Bonchev–Trinajstić information content (AvgIpc) is 2.14. The normalized spacial score (nSPS) is 11.1. The summed E-state index contributed by atoms with van der Waals surface area (Å²) < 4.78 is 39.6. The molecule has 0 aliphatic heterocycles. The van der Waals surface area contributed by atoms with E-state index in [2.05, 4.69) is 4.74 Å². The van der Waals surface area contributed by atoms with E-state index >= 15 is 0 Å². The first kappa shape index (κ1) is 13.5. The lowest BCUT2D eigenvalue weighted by Gasteiger charge is -2.12. The maximum atomic E-state index is 12.0. The number of rotatable bonds is 3. The molecule has 0 fully saturated rings. The lowest BCUT2D eigenvalue weighted by atomic mass is 10.1. The number of ketones is 1. The van der Waals surface area contributed by atoms with Gasteiger partial charge >= 0.3 is 6.36 Å². The van der Waals surface area contributed by atoms with Crippen molar-refractivity contribution in [1.82, 2.24) is 0 Å². The Labute approximate surface area is 99.1 Å². The molecule has 0 saturated carbocycles. The van der Waals surface area contributed by atoms with Crippen molar-refractivity contribution in [3.63, 3.8) is 0 Å². The Kier molecular flexibility index (Phi) is 3.77. The van der Waals surface area contributed by atoms with Crippen molar-refractivity contribution in [2.75, 3.05) is 0 Å². The molecule has 3 nitrogen and oxygen atoms in total. The molecule has 0 unspecified atom stereocenters. The lowest BCUT2D eigenvalue weighted by molar-refractivity contribution is -0.274. The summed E-state index contributed by atoms with van der Waals surface area (Å²) in [6.07, 6.45) is -4.78. The highest BCUT2D eigenvalue weighted by Crippen LogP contribution is 2.30. The maximum Gasteiger partial charge on any atom is 0.573 e. The van der Waals surface area contributed by atoms with Gasteiger partial charge in [-0.15, -0.1) is 13.2 Å². The number of carbonyl (C=O) groups is 2. The molecule has 1 rings (SSSR count). The van der Waals surface area contributed by atoms with Crippen LogP contribution in [0.1, 0.15) is 27.6 Å². The Balaban J connectivity index is 3.28. The fraction of sp³-hybridized carbons (Fsp3) is 0.200. The van der Waals surface area contributed by atoms with E-state index in [0.29, 0.717) is 0 Å². The number of carbonyl (C=O) groups excluding carboxylic acids is 2. The molecule has 0 bridgehead atoms. The van der Waals surface area contributed by atoms with E-state index in [1.165, 1.54) is 6.92 Å². The Morgan fingerprint density at radius 2 is 2.00 bits per heavy atom. The zero-order valence-corrected chi connectivity index (χ0v) is 9.22. The predicted molar refractivity (Wildman–Crippen MR) is 53.5 cm³/mol. The van der Waals surface area contributed by atoms with Crippen molar-refractivity contribution in [3.8, 4) is 5.75 Å². The third-order valence-electron chi connectivity index (χ3n) is 1.83. The zero-order chi connectivity index (χ0) is 13.2. The van der Waals surface area contributed by atoms with Gasteiger partial charge in [0, 0.05) is 11.6 Å². The first-order valence-electron chi connectivity index (χ1n) is 4.30. The molecule has 0 aliphatic rings. The van der Waals surface area contributed by atoms with Gasteiger partial charge in [-0.1, -0.05) is 11.6 Å². The molecular formula is C10H6ClF3O3. The molecule has 0 radical (unpaired) electrons. The lowest BCUT2D eigenvalue weighted by Crippen LogP contribution is -2.18. The van der Waals surface area contributed by atoms with Gasteiger partial charge in [0.05, 0.1) is 10.6 Å². The van der Waals surface area contributed by atoms with Gasteiger partial charge in [0.15, 0.2) is 12.1 Å². The van der Waals surface area contributed by atoms with Crippen molar-refractivity contribution in [1.29, 1.82) is 0 Å². The number of aldehydes is 1. The molecular weight excluding hydrogens is 261 g/mol. The zero-order valence-electron chi connectivity index (χ0n) is 8.47. The van der Waals surface area contributed by atoms with E-state index in [1.807, 2.05) is 0 Å². The fourth-order valence-electron chi connectivity index (χ4n) is 1.15. The number of halogens is 4. The van der Waals surface area contributed by atoms with Crippen LogP contribution in [0.3, 0.4) is 0 Å². The van der Waals surface area contributed by atoms with Crippen LogP contribution in [0.2, 0.25) is 5.02 Å². The van der Waals surface area contributed by atoms with E-state index in [4.69, 9.17) is 11.6 Å². The van der Waals surface area contributed by atoms with Gasteiger partial charge in [-0.05, 0) is 13.0 Å². The second-order valence-electron chi connectivity index (χ2n) is 3.09. The number of Topliss-reactive ketones (excluding diaryl/α,β-unsaturated/α-hetero) is 1. The molecule has 0 N–H and O–H groups in total. The number of hydrogen-bond donors (Lipinski definition) is 0. The van der Waals surface area contributed by atoms with Crippen molar-refractivity contribution in [3.05, 3.63) is 28.3 Å². The van der Waals surface area contributed by atoms with Gasteiger partial charge in [-0.25, -0.2) is 0 Å². The van der Waals surface area contributed by atoms with Crippen molar-refractivity contribution >= 4 is 23.7 Å². The summed E-state index contributed by atoms with van der Waals surface area (Å²) in [4.78, 5) is 21.7. The van der Waals surface area contributed by atoms with E-state index in [9.17, 15) is 22.8 Å². The summed E-state index contributed by atoms with van der Waals surface area (Å²) in [6.45, 7) is 1.18. The van der Waals surface area contributed by atoms with Crippen molar-refractivity contribution < 1.29 is 27.5 Å². The van der Waals surface area contributed by atoms with Crippen LogP contribution in [-0.4, -0.2) is 18.4 Å². The fourth-order valence-corrected chi connectivity index (χ4v) is 1.43. The molecule has 0 saturated heterocycles. The van der Waals surface area contributed by atoms with Crippen LogP contribution in [0, 0.1) is 0 Å². The van der Waals surface area contributed by atoms with Crippen LogP contribution >= 0.6 is 11.6 Å². The minimum Gasteiger partial charge on any atom is -0.405 e. The highest BCUT2D eigenvalue weighted by Gasteiger charge is 2.32. The molecule has 92 valence electrons. The third-order valence-corrected chi connectivity index (χ3v) is 2.14. The minimum absolute atomic E-state index is 0.0386. The van der Waals surface area contributed by atoms with E-state index in [0.717, 1.165) is 12.1 Å². The first-order chi connectivity index (χ1) is 7.74. The van der Waals surface area contributed by atoms with Crippen molar-refractivity contribution in [2.24, 2.45) is 0 Å². The number of ether oxygens (including phenoxy) is 1. The monoisotopic (exact) mass is 266 g/mol. The Morgan fingerprint density at radius 3 is 2.41 bits per heavy atom. The molecule has 0 aromatic heterocycles. The molecule has 0 heterocycles. The van der Waals surface area contributed by atoms with Crippen LogP contribution < -0.4 is 4.74 Å². The van der Waals surface area contributed by atoms with Gasteiger partial charge in [0.2, 0.25) is 0 Å². The topological polar surface area (TPSA) is 43.4 Å². The smallest absolute Gasteiger partial charge is 0.405 e. The highest BCUT2D eigenvalue weighted by atomic mass is 35.5. The summed E-state index contributed by atoms with van der Waals surface area (Å²) in [5, 5.41) is -0.206. The van der Waals surface area contributed by atoms with Crippen LogP contribution in [0.15, 0.2) is 12.1 Å². The van der Waals surface area contributed by atoms with Crippen LogP contribution in [-0.2, 0) is 0 Å². The molecule has 1 aromatic carbocycles. The Bertz CT molecular complexity index is 469. The molecule has 0 aliphatic carbocycles. The van der Waals surface area contributed by atoms with E-state index in [1.54, 1.807) is 0 Å². The second-order valence-corrected chi connectivity index (χ2v) is 3.50. The molecule has 7 heteroatoms. The molecule has 0 spiro atoms. The van der Waals surface area contributed by atoms with Gasteiger partial charge in [-0.2, -0.15) is 0 Å². The minimum atomic E-state index is -4.93. The summed E-state index contributed by atoms with van der Waals surface area (Å²) in [6, 6.07) is 1.74. The highest BCUT2D eigenvalue weighted by molar-refractivity contribution is 6.34. The third kappa shape index (κ3) is 3.45. The van der Waals surface area contributed by atoms with Crippen LogP contribution in [0.5, 0.6) is 5.75 Å². The largest absolute Gasteiger partial charge is 0.573 e. The summed E-state index contributed by atoms with van der Waals surface area (Å²) in [5.74, 6) is -1.20. The number of alkyl halides is 3. The average molecular weight is 267 g/mol. The Hall–Kier alpha value is -1.56. The van der Waals surface area contributed by atoms with Gasteiger partial charge in [-0.3, -0.25) is 9.59 Å². The standard InChI is InChI=1S/C10H6ClF3O3/c1-5(16)7-2-6(4-15)9(3-8(7)11)17-10(12,13)14/h2-4H,1H3. The Morgan fingerprint density at radius 1 is 1.41 bits per heavy atom. The summed E-state index contributed by atoms with van der Waals surface area (Å²) >= 11 is 5.60.